The van der Waals surface area contributed by atoms with Crippen LogP contribution in [0.4, 0.5) is 11.4 Å². The Morgan fingerprint density at radius 2 is 2.00 bits per heavy atom. The summed E-state index contributed by atoms with van der Waals surface area (Å²) in [5.74, 6) is 0.441. The van der Waals surface area contributed by atoms with Crippen LogP contribution in [0.3, 0.4) is 0 Å². The topological polar surface area (TPSA) is 115 Å². The molecule has 0 spiro atoms. The number of rotatable bonds is 7. The van der Waals surface area contributed by atoms with E-state index in [1.165, 1.54) is 23.5 Å². The van der Waals surface area contributed by atoms with Crippen LogP contribution >= 0.6 is 0 Å². The van der Waals surface area contributed by atoms with Crippen molar-refractivity contribution in [2.24, 2.45) is 0 Å². The van der Waals surface area contributed by atoms with Crippen LogP contribution in [0.2, 0.25) is 0 Å². The van der Waals surface area contributed by atoms with Crippen LogP contribution in [0.15, 0.2) is 41.4 Å². The first-order valence-corrected chi connectivity index (χ1v) is 9.87. The minimum absolute atomic E-state index is 0.0627. The quantitative estimate of drug-likeness (QED) is 0.568. The van der Waals surface area contributed by atoms with Gasteiger partial charge in [-0.3, -0.25) is 10.1 Å². The smallest absolute Gasteiger partial charge is 0.293 e. The number of nitro groups is 1. The Balaban J connectivity index is 1.84. The molecule has 1 aliphatic rings. The zero-order valence-corrected chi connectivity index (χ0v) is 15.6. The lowest BCUT2D eigenvalue weighted by Gasteiger charge is -2.16. The molecular weight excluding hydrogens is 372 g/mol. The van der Waals surface area contributed by atoms with E-state index in [2.05, 4.69) is 10.3 Å². The standard InChI is InChI=1S/C17H20N4O5S/c1-26-17-10-13(6-7-18-17)12-19-15-5-4-14(11-16(15)21(22)23)27(24,25)20-8-2-3-9-20/h4-7,10-11,19H,2-3,8-9,12H2,1H3. The third-order valence-electron chi connectivity index (χ3n) is 4.36. The molecular formula is C17H20N4O5S. The number of aromatic nitrogens is 1. The average molecular weight is 392 g/mol. The first-order valence-electron chi connectivity index (χ1n) is 8.43. The predicted molar refractivity (Wildman–Crippen MR) is 99.2 cm³/mol. The molecule has 9 nitrogen and oxygen atoms in total. The molecule has 1 saturated heterocycles. The Morgan fingerprint density at radius 3 is 2.67 bits per heavy atom. The third kappa shape index (κ3) is 4.17. The van der Waals surface area contributed by atoms with Gasteiger partial charge in [0.1, 0.15) is 5.69 Å². The molecule has 2 aromatic rings. The number of benzene rings is 1. The Bertz CT molecular complexity index is 942. The Labute approximate surface area is 157 Å². The number of sulfonamides is 1. The van der Waals surface area contributed by atoms with Crippen molar-refractivity contribution in [3.8, 4) is 5.88 Å². The Kier molecular flexibility index (Phi) is 5.57. The van der Waals surface area contributed by atoms with Gasteiger partial charge in [-0.1, -0.05) is 0 Å². The number of hydrogen-bond acceptors (Lipinski definition) is 7. The molecule has 3 rings (SSSR count). The lowest BCUT2D eigenvalue weighted by Crippen LogP contribution is -2.27. The summed E-state index contributed by atoms with van der Waals surface area (Å²) in [6.07, 6.45) is 3.18. The van der Waals surface area contributed by atoms with Gasteiger partial charge in [-0.05, 0) is 36.6 Å². The maximum absolute atomic E-state index is 12.6. The minimum Gasteiger partial charge on any atom is -0.481 e. The van der Waals surface area contributed by atoms with Crippen LogP contribution < -0.4 is 10.1 Å². The summed E-state index contributed by atoms with van der Waals surface area (Å²) in [6.45, 7) is 1.19. The van der Waals surface area contributed by atoms with Crippen molar-refractivity contribution < 1.29 is 18.1 Å². The second-order valence-corrected chi connectivity index (χ2v) is 8.05. The molecule has 27 heavy (non-hydrogen) atoms. The molecule has 0 amide bonds. The number of nitrogens with zero attached hydrogens (tertiary/aromatic N) is 3. The summed E-state index contributed by atoms with van der Waals surface area (Å²) in [7, 11) is -2.21. The van der Waals surface area contributed by atoms with E-state index >= 15 is 0 Å². The molecule has 0 radical (unpaired) electrons. The fourth-order valence-electron chi connectivity index (χ4n) is 2.92. The summed E-state index contributed by atoms with van der Waals surface area (Å²) in [5.41, 5.74) is 0.789. The Morgan fingerprint density at radius 1 is 1.26 bits per heavy atom. The van der Waals surface area contributed by atoms with Gasteiger partial charge in [-0.15, -0.1) is 0 Å². The molecule has 0 unspecified atom stereocenters. The maximum atomic E-state index is 12.6. The van der Waals surface area contributed by atoms with Gasteiger partial charge in [0.15, 0.2) is 0 Å². The SMILES string of the molecule is COc1cc(CNc2ccc(S(=O)(=O)N3CCCC3)cc2[N+](=O)[O-])ccn1. The van der Waals surface area contributed by atoms with Crippen LogP contribution in [-0.4, -0.2) is 42.8 Å². The van der Waals surface area contributed by atoms with Gasteiger partial charge in [0.05, 0.1) is 16.9 Å². The fraction of sp³-hybridized carbons (Fsp3) is 0.353. The van der Waals surface area contributed by atoms with E-state index in [9.17, 15) is 18.5 Å². The van der Waals surface area contributed by atoms with Gasteiger partial charge in [0.2, 0.25) is 15.9 Å². The highest BCUT2D eigenvalue weighted by Crippen LogP contribution is 2.30. The average Bonchev–Trinajstić information content (AvgIpc) is 3.22. The maximum Gasteiger partial charge on any atom is 0.293 e. The van der Waals surface area contributed by atoms with E-state index < -0.39 is 14.9 Å². The number of pyridine rings is 1. The van der Waals surface area contributed by atoms with E-state index in [1.807, 2.05) is 0 Å². The van der Waals surface area contributed by atoms with Gasteiger partial charge in [0, 0.05) is 38.0 Å². The number of nitrogens with one attached hydrogen (secondary N) is 1. The van der Waals surface area contributed by atoms with E-state index in [4.69, 9.17) is 4.74 Å². The highest BCUT2D eigenvalue weighted by atomic mass is 32.2. The zero-order chi connectivity index (χ0) is 19.4. The molecule has 2 heterocycles. The lowest BCUT2D eigenvalue weighted by molar-refractivity contribution is -0.384. The Hall–Kier alpha value is -2.72. The van der Waals surface area contributed by atoms with Crippen molar-refractivity contribution in [1.29, 1.82) is 0 Å². The van der Waals surface area contributed by atoms with Gasteiger partial charge >= 0.3 is 0 Å². The number of methoxy groups -OCH3 is 1. The highest BCUT2D eigenvalue weighted by Gasteiger charge is 2.29. The number of nitro benzene ring substituents is 1. The summed E-state index contributed by atoms with van der Waals surface area (Å²) in [4.78, 5) is 14.8. The summed E-state index contributed by atoms with van der Waals surface area (Å²) >= 11 is 0. The van der Waals surface area contributed by atoms with Crippen molar-refractivity contribution in [1.82, 2.24) is 9.29 Å². The largest absolute Gasteiger partial charge is 0.481 e. The van der Waals surface area contributed by atoms with E-state index in [1.54, 1.807) is 18.3 Å². The van der Waals surface area contributed by atoms with Crippen molar-refractivity contribution in [2.75, 3.05) is 25.5 Å². The van der Waals surface area contributed by atoms with E-state index in [0.717, 1.165) is 24.5 Å². The third-order valence-corrected chi connectivity index (χ3v) is 6.25. The van der Waals surface area contributed by atoms with Crippen LogP contribution in [0, 0.1) is 10.1 Å². The monoisotopic (exact) mass is 392 g/mol. The van der Waals surface area contributed by atoms with Crippen molar-refractivity contribution in [3.05, 3.63) is 52.2 Å². The molecule has 1 N–H and O–H groups in total. The summed E-state index contributed by atoms with van der Waals surface area (Å²) in [5, 5.41) is 14.4. The molecule has 10 heteroatoms. The molecule has 0 bridgehead atoms. The first kappa shape index (κ1) is 19.1. The van der Waals surface area contributed by atoms with Gasteiger partial charge in [-0.2, -0.15) is 4.31 Å². The van der Waals surface area contributed by atoms with Crippen molar-refractivity contribution in [2.45, 2.75) is 24.3 Å². The molecule has 144 valence electrons. The highest BCUT2D eigenvalue weighted by molar-refractivity contribution is 7.89. The van der Waals surface area contributed by atoms with Gasteiger partial charge < -0.3 is 10.1 Å². The van der Waals surface area contributed by atoms with Crippen molar-refractivity contribution in [3.63, 3.8) is 0 Å². The molecule has 0 atom stereocenters. The molecule has 1 fully saturated rings. The van der Waals surface area contributed by atoms with E-state index in [0.29, 0.717) is 25.5 Å². The molecule has 1 aromatic heterocycles. The second-order valence-electron chi connectivity index (χ2n) is 6.11. The molecule has 0 saturated carbocycles. The van der Waals surface area contributed by atoms with Crippen LogP contribution in [0.25, 0.3) is 0 Å². The van der Waals surface area contributed by atoms with Crippen molar-refractivity contribution >= 4 is 21.4 Å². The first-order chi connectivity index (χ1) is 12.9. The fourth-order valence-corrected chi connectivity index (χ4v) is 4.46. The normalized spacial score (nSPS) is 14.9. The van der Waals surface area contributed by atoms with Gasteiger partial charge in [-0.25, -0.2) is 13.4 Å². The predicted octanol–water partition coefficient (Wildman–Crippen LogP) is 2.40. The zero-order valence-electron chi connectivity index (χ0n) is 14.8. The van der Waals surface area contributed by atoms with Crippen LogP contribution in [0.5, 0.6) is 5.88 Å². The second kappa shape index (κ2) is 7.89. The number of hydrogen-bond donors (Lipinski definition) is 1. The molecule has 1 aromatic carbocycles. The molecule has 0 aliphatic carbocycles. The summed E-state index contributed by atoms with van der Waals surface area (Å²) in [6, 6.07) is 7.41. The lowest BCUT2D eigenvalue weighted by atomic mass is 10.2. The molecule has 1 aliphatic heterocycles. The summed E-state index contributed by atoms with van der Waals surface area (Å²) < 4.78 is 31.7. The minimum atomic E-state index is -3.71. The number of ether oxygens (including phenoxy) is 1. The van der Waals surface area contributed by atoms with Gasteiger partial charge in [0.25, 0.3) is 5.69 Å². The van der Waals surface area contributed by atoms with Crippen LogP contribution in [-0.2, 0) is 16.6 Å². The van der Waals surface area contributed by atoms with Crippen LogP contribution in [0.1, 0.15) is 18.4 Å². The van der Waals surface area contributed by atoms with E-state index in [-0.39, 0.29) is 16.3 Å². The number of anilines is 1.